The van der Waals surface area contributed by atoms with Crippen LogP contribution in [0.15, 0.2) is 60.7 Å². The number of hydrogen-bond acceptors (Lipinski definition) is 2. The molecule has 2 nitrogen and oxygen atoms in total. The molecular formula is C22H16O2. The molecule has 2 heteroatoms. The largest absolute Gasteiger partial charge is 0.294 e. The first-order valence-corrected chi connectivity index (χ1v) is 7.97. The third-order valence-electron chi connectivity index (χ3n) is 4.65. The first-order chi connectivity index (χ1) is 11.6. The number of ketones is 2. The molecule has 116 valence electrons. The van der Waals surface area contributed by atoms with E-state index in [1.807, 2.05) is 24.3 Å². The quantitative estimate of drug-likeness (QED) is 0.359. The molecular weight excluding hydrogens is 296 g/mol. The summed E-state index contributed by atoms with van der Waals surface area (Å²) in [6.45, 7) is 3.02. The Labute approximate surface area is 139 Å². The minimum absolute atomic E-state index is 0.0778. The molecule has 0 aliphatic heterocycles. The van der Waals surface area contributed by atoms with E-state index in [0.29, 0.717) is 11.1 Å². The van der Waals surface area contributed by atoms with Crippen molar-refractivity contribution in [3.8, 4) is 0 Å². The van der Waals surface area contributed by atoms with Gasteiger partial charge in [-0.05, 0) is 46.2 Å². The molecule has 0 aliphatic carbocycles. The van der Waals surface area contributed by atoms with E-state index in [4.69, 9.17) is 0 Å². The van der Waals surface area contributed by atoms with E-state index < -0.39 is 0 Å². The third kappa shape index (κ3) is 2.04. The molecule has 4 rings (SSSR count). The Balaban J connectivity index is 2.20. The second kappa shape index (κ2) is 5.27. The van der Waals surface area contributed by atoms with Crippen LogP contribution < -0.4 is 0 Å². The standard InChI is InChI=1S/C22H16O2/c1-13(23)16-9-10-20-19-8-7-15-5-3-4-6-17(15)18(19)11-12-21(20)22(16)14(2)24/h3-12H,1-2H3. The van der Waals surface area contributed by atoms with Crippen molar-refractivity contribution >= 4 is 43.9 Å². The van der Waals surface area contributed by atoms with Crippen molar-refractivity contribution in [1.29, 1.82) is 0 Å². The zero-order valence-corrected chi connectivity index (χ0v) is 13.6. The van der Waals surface area contributed by atoms with Crippen LogP contribution in [0.3, 0.4) is 0 Å². The Bertz CT molecular complexity index is 1150. The van der Waals surface area contributed by atoms with Crippen LogP contribution in [0.5, 0.6) is 0 Å². The van der Waals surface area contributed by atoms with Gasteiger partial charge in [-0.2, -0.15) is 0 Å². The highest BCUT2D eigenvalue weighted by Crippen LogP contribution is 2.33. The topological polar surface area (TPSA) is 34.1 Å². The lowest BCUT2D eigenvalue weighted by atomic mass is 9.90. The number of hydrogen-bond donors (Lipinski definition) is 0. The SMILES string of the molecule is CC(=O)c1ccc2c(ccc3c4ccccc4ccc23)c1C(C)=O. The van der Waals surface area contributed by atoms with Gasteiger partial charge in [0.05, 0.1) is 0 Å². The first-order valence-electron chi connectivity index (χ1n) is 7.97. The summed E-state index contributed by atoms with van der Waals surface area (Å²) in [6, 6.07) is 20.2. The number of rotatable bonds is 2. The van der Waals surface area contributed by atoms with E-state index in [2.05, 4.69) is 30.3 Å². The summed E-state index contributed by atoms with van der Waals surface area (Å²) < 4.78 is 0. The minimum Gasteiger partial charge on any atom is -0.294 e. The summed E-state index contributed by atoms with van der Waals surface area (Å²) in [5.41, 5.74) is 1.02. The number of fused-ring (bicyclic) bond motifs is 5. The van der Waals surface area contributed by atoms with E-state index >= 15 is 0 Å². The monoisotopic (exact) mass is 312 g/mol. The zero-order valence-electron chi connectivity index (χ0n) is 13.6. The van der Waals surface area contributed by atoms with E-state index in [1.165, 1.54) is 24.6 Å². The molecule has 0 saturated heterocycles. The van der Waals surface area contributed by atoms with Crippen molar-refractivity contribution in [2.45, 2.75) is 13.8 Å². The average molecular weight is 312 g/mol. The molecule has 0 aliphatic rings. The fourth-order valence-corrected chi connectivity index (χ4v) is 3.58. The maximum atomic E-state index is 12.2. The summed E-state index contributed by atoms with van der Waals surface area (Å²) in [4.78, 5) is 24.1. The molecule has 4 aromatic carbocycles. The second-order valence-corrected chi connectivity index (χ2v) is 6.14. The molecule has 0 unspecified atom stereocenters. The van der Waals surface area contributed by atoms with Gasteiger partial charge in [-0.1, -0.05) is 60.7 Å². The van der Waals surface area contributed by atoms with E-state index in [1.54, 1.807) is 6.07 Å². The van der Waals surface area contributed by atoms with Gasteiger partial charge in [0.2, 0.25) is 0 Å². The fourth-order valence-electron chi connectivity index (χ4n) is 3.58. The fraction of sp³-hybridized carbons (Fsp3) is 0.0909. The molecule has 0 atom stereocenters. The average Bonchev–Trinajstić information content (AvgIpc) is 2.59. The predicted octanol–water partition coefficient (Wildman–Crippen LogP) is 5.55. The van der Waals surface area contributed by atoms with Gasteiger partial charge in [-0.15, -0.1) is 0 Å². The smallest absolute Gasteiger partial charge is 0.161 e. The van der Waals surface area contributed by atoms with Crippen LogP contribution in [0.1, 0.15) is 34.6 Å². The molecule has 0 saturated carbocycles. The Morgan fingerprint density at radius 2 is 1.17 bits per heavy atom. The summed E-state index contributed by atoms with van der Waals surface area (Å²) >= 11 is 0. The van der Waals surface area contributed by atoms with Crippen molar-refractivity contribution in [3.05, 3.63) is 71.8 Å². The van der Waals surface area contributed by atoms with Gasteiger partial charge in [-0.25, -0.2) is 0 Å². The Morgan fingerprint density at radius 3 is 1.92 bits per heavy atom. The summed E-state index contributed by atoms with van der Waals surface area (Å²) in [5, 5.41) is 6.49. The van der Waals surface area contributed by atoms with Crippen molar-refractivity contribution < 1.29 is 9.59 Å². The molecule has 4 aromatic rings. The molecule has 0 N–H and O–H groups in total. The van der Waals surface area contributed by atoms with Crippen LogP contribution in [0.2, 0.25) is 0 Å². The van der Waals surface area contributed by atoms with Crippen LogP contribution in [0.25, 0.3) is 32.3 Å². The third-order valence-corrected chi connectivity index (χ3v) is 4.65. The van der Waals surface area contributed by atoms with Crippen molar-refractivity contribution in [2.24, 2.45) is 0 Å². The van der Waals surface area contributed by atoms with E-state index in [-0.39, 0.29) is 11.6 Å². The number of carbonyl (C=O) groups excluding carboxylic acids is 2. The molecule has 24 heavy (non-hydrogen) atoms. The lowest BCUT2D eigenvalue weighted by Gasteiger charge is -2.12. The first kappa shape index (κ1) is 14.6. The van der Waals surface area contributed by atoms with Gasteiger partial charge in [0.1, 0.15) is 0 Å². The molecule has 0 fully saturated rings. The molecule has 0 aromatic heterocycles. The van der Waals surface area contributed by atoms with Crippen LogP contribution in [-0.2, 0) is 0 Å². The van der Waals surface area contributed by atoms with Gasteiger partial charge in [0, 0.05) is 11.1 Å². The maximum absolute atomic E-state index is 12.2. The van der Waals surface area contributed by atoms with Gasteiger partial charge >= 0.3 is 0 Å². The molecule has 0 spiro atoms. The highest BCUT2D eigenvalue weighted by atomic mass is 16.1. The molecule has 0 heterocycles. The summed E-state index contributed by atoms with van der Waals surface area (Å²) in [5.74, 6) is -0.161. The van der Waals surface area contributed by atoms with Crippen LogP contribution in [0, 0.1) is 0 Å². The van der Waals surface area contributed by atoms with Gasteiger partial charge in [-0.3, -0.25) is 9.59 Å². The lowest BCUT2D eigenvalue weighted by Crippen LogP contribution is -2.05. The second-order valence-electron chi connectivity index (χ2n) is 6.14. The van der Waals surface area contributed by atoms with Gasteiger partial charge in [0.15, 0.2) is 11.6 Å². The molecule has 0 bridgehead atoms. The van der Waals surface area contributed by atoms with Crippen LogP contribution in [0.4, 0.5) is 0 Å². The van der Waals surface area contributed by atoms with Crippen LogP contribution in [-0.4, -0.2) is 11.6 Å². The Morgan fingerprint density at radius 1 is 0.583 bits per heavy atom. The number of Topliss-reactive ketones (excluding diaryl/α,β-unsaturated/α-hetero) is 2. The van der Waals surface area contributed by atoms with Gasteiger partial charge < -0.3 is 0 Å². The number of benzene rings is 4. The van der Waals surface area contributed by atoms with Crippen LogP contribution >= 0.6 is 0 Å². The highest BCUT2D eigenvalue weighted by Gasteiger charge is 2.16. The Kier molecular flexibility index (Phi) is 3.20. The molecule has 0 radical (unpaired) electrons. The summed E-state index contributed by atoms with van der Waals surface area (Å²) in [7, 11) is 0. The van der Waals surface area contributed by atoms with Crippen molar-refractivity contribution in [3.63, 3.8) is 0 Å². The predicted molar refractivity (Wildman–Crippen MR) is 99.0 cm³/mol. The maximum Gasteiger partial charge on any atom is 0.161 e. The van der Waals surface area contributed by atoms with E-state index in [9.17, 15) is 9.59 Å². The van der Waals surface area contributed by atoms with E-state index in [0.717, 1.165) is 21.5 Å². The van der Waals surface area contributed by atoms with Crippen molar-refractivity contribution in [2.75, 3.05) is 0 Å². The number of carbonyl (C=O) groups is 2. The molecule has 0 amide bonds. The normalized spacial score (nSPS) is 11.2. The zero-order chi connectivity index (χ0) is 16.8. The summed E-state index contributed by atoms with van der Waals surface area (Å²) in [6.07, 6.45) is 0. The highest BCUT2D eigenvalue weighted by molar-refractivity contribution is 6.23. The lowest BCUT2D eigenvalue weighted by molar-refractivity contribution is 0.0982. The van der Waals surface area contributed by atoms with Gasteiger partial charge in [0.25, 0.3) is 0 Å². The Hall–Kier alpha value is -3.00. The van der Waals surface area contributed by atoms with Crippen molar-refractivity contribution in [1.82, 2.24) is 0 Å². The minimum atomic E-state index is -0.0827.